The zero-order valence-electron chi connectivity index (χ0n) is 19.0. The zero-order valence-corrected chi connectivity index (χ0v) is 21.6. The van der Waals surface area contributed by atoms with Crippen LogP contribution in [0.15, 0.2) is 0 Å². The summed E-state index contributed by atoms with van der Waals surface area (Å²) < 4.78 is 5.41. The number of carbonyl (C=O) groups is 5. The molecule has 16 nitrogen and oxygen atoms in total. The van der Waals surface area contributed by atoms with Crippen LogP contribution in [0.5, 0.6) is 0 Å². The normalized spacial score (nSPS) is 27.4. The van der Waals surface area contributed by atoms with Gasteiger partial charge in [0.15, 0.2) is 0 Å². The van der Waals surface area contributed by atoms with Crippen LogP contribution in [0, 0.1) is 0 Å². The number of carbonyl (C=O) groups excluding carboxylic acids is 3. The van der Waals surface area contributed by atoms with Crippen molar-refractivity contribution in [2.24, 2.45) is 0 Å². The molecule has 7 atom stereocenters. The van der Waals surface area contributed by atoms with Crippen LogP contribution in [0.2, 0.25) is 0 Å². The predicted molar refractivity (Wildman–Crippen MR) is 123 cm³/mol. The van der Waals surface area contributed by atoms with Gasteiger partial charge in [0.1, 0.15) is 0 Å². The van der Waals surface area contributed by atoms with Gasteiger partial charge in [-0.2, -0.15) is 0 Å². The molecular formula is C18H30N4O12SSe. The van der Waals surface area contributed by atoms with E-state index in [1.807, 2.05) is 0 Å². The van der Waals surface area contributed by atoms with Crippen molar-refractivity contribution in [2.75, 3.05) is 18.9 Å². The van der Waals surface area contributed by atoms with Crippen molar-refractivity contribution in [1.29, 1.82) is 0 Å². The van der Waals surface area contributed by atoms with Crippen molar-refractivity contribution in [1.82, 2.24) is 20.3 Å². The Morgan fingerprint density at radius 2 is 1.75 bits per heavy atom. The van der Waals surface area contributed by atoms with Gasteiger partial charge in [0.05, 0.1) is 0 Å². The summed E-state index contributed by atoms with van der Waals surface area (Å²) in [5.74, 6) is -5.08. The fraction of sp³-hybridized carbons (Fsp3) is 0.722. The molecular weight excluding hydrogens is 575 g/mol. The standard InChI is InChI=1S/C18H30N4O12SSe/c1-7(24)20-15-14(29)13(28)10(5-23)34-18(15,33)36-22-8(17(31)32)2-3-11(25)21-9(6-35)16(30)19-4-12(26)27/h8-10,13-15,22-23,28-29,33,35H,2-6H2,1H3,(H,19,30)(H,20,24)(H,21,25)(H,26,27)(H,31,32)/t8-,9-,10+,13-,14-,15+,18?/m0/s1. The number of aliphatic hydroxyl groups is 4. The van der Waals surface area contributed by atoms with Crippen molar-refractivity contribution in [3.8, 4) is 0 Å². The molecule has 18 heteroatoms. The van der Waals surface area contributed by atoms with E-state index >= 15 is 0 Å². The first-order chi connectivity index (χ1) is 16.7. The number of hydrogen-bond acceptors (Lipinski definition) is 12. The first-order valence-corrected chi connectivity index (χ1v) is 12.8. The molecule has 1 unspecified atom stereocenters. The summed E-state index contributed by atoms with van der Waals surface area (Å²) in [6.07, 6.45) is -5.57. The minimum atomic E-state index is -2.39. The molecule has 0 aromatic heterocycles. The quantitative estimate of drug-likeness (QED) is 0.0652. The van der Waals surface area contributed by atoms with Gasteiger partial charge < -0.3 is 0 Å². The molecule has 0 radical (unpaired) electrons. The van der Waals surface area contributed by atoms with Crippen molar-refractivity contribution >= 4 is 57.5 Å². The van der Waals surface area contributed by atoms with Gasteiger partial charge in [0.25, 0.3) is 0 Å². The SMILES string of the molecule is CC(=O)N[C@@H]1[C@@H](O)[C@@H](O)[C@@H](CO)OC1(O)[Se]N[C@@H](CCC(=O)N[C@@H](CS)C(=O)NCC(=O)O)C(=O)O. The van der Waals surface area contributed by atoms with Crippen LogP contribution < -0.4 is 20.3 Å². The molecule has 206 valence electrons. The topological polar surface area (TPSA) is 264 Å². The van der Waals surface area contributed by atoms with Gasteiger partial charge in [-0.3, -0.25) is 0 Å². The van der Waals surface area contributed by atoms with Crippen LogP contribution in [-0.4, -0.2) is 136 Å². The molecule has 1 saturated heterocycles. The molecule has 0 aromatic rings. The van der Waals surface area contributed by atoms with Crippen molar-refractivity contribution in [3.63, 3.8) is 0 Å². The Morgan fingerprint density at radius 1 is 1.11 bits per heavy atom. The van der Waals surface area contributed by atoms with E-state index in [-0.39, 0.29) is 12.2 Å². The number of thiol groups is 1. The van der Waals surface area contributed by atoms with Crippen LogP contribution in [-0.2, 0) is 28.7 Å². The molecule has 0 spiro atoms. The van der Waals surface area contributed by atoms with Crippen molar-refractivity contribution in [2.45, 2.75) is 60.9 Å². The van der Waals surface area contributed by atoms with Crippen LogP contribution in [0.3, 0.4) is 0 Å². The van der Waals surface area contributed by atoms with Crippen LogP contribution in [0.25, 0.3) is 0 Å². The number of carboxylic acid groups (broad SMARTS) is 2. The first kappa shape index (κ1) is 32.0. The van der Waals surface area contributed by atoms with Crippen molar-refractivity contribution < 1.29 is 59.3 Å². The Morgan fingerprint density at radius 3 is 2.25 bits per heavy atom. The van der Waals surface area contributed by atoms with E-state index in [1.54, 1.807) is 0 Å². The third-order valence-corrected chi connectivity index (χ3v) is 7.44. The summed E-state index contributed by atoms with van der Waals surface area (Å²) in [4.78, 5) is 57.9. The first-order valence-electron chi connectivity index (χ1n) is 10.5. The number of amides is 3. The summed E-state index contributed by atoms with van der Waals surface area (Å²) in [6.45, 7) is -0.380. The van der Waals surface area contributed by atoms with Gasteiger partial charge in [-0.1, -0.05) is 0 Å². The van der Waals surface area contributed by atoms with Gasteiger partial charge in [-0.15, -0.1) is 0 Å². The maximum atomic E-state index is 12.2. The van der Waals surface area contributed by atoms with E-state index in [1.165, 1.54) is 0 Å². The molecule has 0 bridgehead atoms. The summed E-state index contributed by atoms with van der Waals surface area (Å²) in [5.41, 5.74) is 0. The third-order valence-electron chi connectivity index (χ3n) is 4.88. The van der Waals surface area contributed by atoms with Gasteiger partial charge in [0, 0.05) is 0 Å². The molecule has 1 aliphatic rings. The molecule has 0 aliphatic carbocycles. The molecule has 36 heavy (non-hydrogen) atoms. The average Bonchev–Trinajstić information content (AvgIpc) is 2.80. The molecule has 10 N–H and O–H groups in total. The summed E-state index contributed by atoms with van der Waals surface area (Å²) in [5, 5.41) is 65.4. The number of rotatable bonds is 14. The van der Waals surface area contributed by atoms with E-state index in [0.29, 0.717) is 0 Å². The van der Waals surface area contributed by atoms with Gasteiger partial charge >= 0.3 is 217 Å². The second-order valence-corrected chi connectivity index (χ2v) is 10.2. The van der Waals surface area contributed by atoms with E-state index in [2.05, 4.69) is 32.9 Å². The molecule has 0 aromatic carbocycles. The van der Waals surface area contributed by atoms with Gasteiger partial charge in [0.2, 0.25) is 0 Å². The number of ether oxygens (including phenoxy) is 1. The number of hydrogen-bond donors (Lipinski definition) is 11. The molecule has 0 saturated carbocycles. The minimum absolute atomic E-state index is 0.157. The summed E-state index contributed by atoms with van der Waals surface area (Å²) in [7, 11) is 0. The van der Waals surface area contributed by atoms with Crippen LogP contribution >= 0.6 is 12.6 Å². The van der Waals surface area contributed by atoms with Crippen LogP contribution in [0.1, 0.15) is 19.8 Å². The molecule has 1 heterocycles. The van der Waals surface area contributed by atoms with E-state index < -0.39 is 106 Å². The monoisotopic (exact) mass is 606 g/mol. The Bertz CT molecular complexity index is 823. The molecule has 1 aliphatic heterocycles. The third kappa shape index (κ3) is 9.45. The van der Waals surface area contributed by atoms with Gasteiger partial charge in [-0.25, -0.2) is 0 Å². The van der Waals surface area contributed by atoms with Gasteiger partial charge in [-0.05, 0) is 0 Å². The molecule has 1 rings (SSSR count). The Balaban J connectivity index is 2.81. The summed E-state index contributed by atoms with van der Waals surface area (Å²) >= 11 is 2.52. The zero-order chi connectivity index (χ0) is 27.6. The maximum absolute atomic E-state index is 12.2. The van der Waals surface area contributed by atoms with E-state index in [4.69, 9.17) is 9.84 Å². The van der Waals surface area contributed by atoms with E-state index in [9.17, 15) is 49.5 Å². The van der Waals surface area contributed by atoms with E-state index in [0.717, 1.165) is 6.92 Å². The fourth-order valence-electron chi connectivity index (χ4n) is 3.03. The Labute approximate surface area is 216 Å². The van der Waals surface area contributed by atoms with Crippen LogP contribution in [0.4, 0.5) is 0 Å². The Hall–Kier alpha value is -2.02. The second kappa shape index (κ2) is 14.7. The molecule has 1 fully saturated rings. The van der Waals surface area contributed by atoms with Crippen molar-refractivity contribution in [3.05, 3.63) is 0 Å². The summed E-state index contributed by atoms with van der Waals surface area (Å²) in [6, 6.07) is -4.16. The Kier molecular flexibility index (Phi) is 13.0. The average molecular weight is 605 g/mol. The molecule has 3 amide bonds. The number of aliphatic hydroxyl groups excluding tert-OH is 3. The second-order valence-electron chi connectivity index (χ2n) is 7.69. The number of aliphatic carboxylic acids is 2. The fourth-order valence-corrected chi connectivity index (χ4v) is 5.44. The predicted octanol–water partition coefficient (Wildman–Crippen LogP) is -5.69. The number of carboxylic acids is 2. The number of nitrogens with one attached hydrogen (secondary N) is 4.